The van der Waals surface area contributed by atoms with E-state index in [2.05, 4.69) is 27.2 Å². The van der Waals surface area contributed by atoms with Gasteiger partial charge in [-0.15, -0.1) is 11.3 Å². The fourth-order valence-electron chi connectivity index (χ4n) is 2.35. The van der Waals surface area contributed by atoms with Gasteiger partial charge >= 0.3 is 0 Å². The number of nitrogens with one attached hydrogen (secondary N) is 1. The summed E-state index contributed by atoms with van der Waals surface area (Å²) in [6, 6.07) is 2.19. The van der Waals surface area contributed by atoms with Crippen LogP contribution in [0.15, 0.2) is 11.4 Å². The lowest BCUT2D eigenvalue weighted by Crippen LogP contribution is -2.50. The third-order valence-electron chi connectivity index (χ3n) is 3.42. The van der Waals surface area contributed by atoms with Crippen molar-refractivity contribution in [2.75, 3.05) is 30.1 Å². The maximum atomic E-state index is 9.30. The summed E-state index contributed by atoms with van der Waals surface area (Å²) >= 11 is 1.55. The molecule has 1 aliphatic rings. The molecule has 0 aromatic carbocycles. The van der Waals surface area contributed by atoms with Gasteiger partial charge in [0.15, 0.2) is 0 Å². The van der Waals surface area contributed by atoms with Gasteiger partial charge in [-0.05, 0) is 18.4 Å². The van der Waals surface area contributed by atoms with Gasteiger partial charge in [0.25, 0.3) is 0 Å². The van der Waals surface area contributed by atoms with Crippen LogP contribution in [0.1, 0.15) is 6.92 Å². The van der Waals surface area contributed by atoms with Crippen molar-refractivity contribution in [2.24, 2.45) is 5.84 Å². The predicted molar refractivity (Wildman–Crippen MR) is 78.9 cm³/mol. The number of nitrogen functional groups attached to an aromatic ring is 1. The van der Waals surface area contributed by atoms with E-state index in [9.17, 15) is 5.11 Å². The highest BCUT2D eigenvalue weighted by Gasteiger charge is 2.28. The maximum absolute atomic E-state index is 9.30. The number of aromatic nitrogens is 2. The summed E-state index contributed by atoms with van der Waals surface area (Å²) < 4.78 is 5.57. The second kappa shape index (κ2) is 5.49. The van der Waals surface area contributed by atoms with Gasteiger partial charge in [-0.3, -0.25) is 5.43 Å². The summed E-state index contributed by atoms with van der Waals surface area (Å²) in [5, 5.41) is 12.3. The fraction of sp³-hybridized carbons (Fsp3) is 0.500. The number of aliphatic hydroxyl groups excluding tert-OH is 1. The van der Waals surface area contributed by atoms with Crippen LogP contribution in [0.3, 0.4) is 0 Å². The Morgan fingerprint density at radius 3 is 3.20 bits per heavy atom. The molecule has 0 aliphatic carbocycles. The number of nitrogens with zero attached hydrogens (tertiary/aromatic N) is 3. The summed E-state index contributed by atoms with van der Waals surface area (Å²) in [6.45, 7) is 3.24. The highest BCUT2D eigenvalue weighted by Crippen LogP contribution is 2.31. The van der Waals surface area contributed by atoms with Gasteiger partial charge in [-0.2, -0.15) is 4.98 Å². The SMILES string of the molecule is CC1COC(CO)CN1c1nc(NN)nc2sccc12. The molecule has 2 aromatic rings. The average molecular weight is 295 g/mol. The second-order valence-electron chi connectivity index (χ2n) is 4.79. The second-order valence-corrected chi connectivity index (χ2v) is 5.69. The molecule has 0 radical (unpaired) electrons. The van der Waals surface area contributed by atoms with E-state index in [4.69, 9.17) is 10.6 Å². The molecule has 2 aromatic heterocycles. The molecule has 2 atom stereocenters. The van der Waals surface area contributed by atoms with Crippen molar-refractivity contribution < 1.29 is 9.84 Å². The summed E-state index contributed by atoms with van der Waals surface area (Å²) in [4.78, 5) is 11.9. The van der Waals surface area contributed by atoms with Crippen LogP contribution in [-0.2, 0) is 4.74 Å². The Morgan fingerprint density at radius 1 is 1.60 bits per heavy atom. The lowest BCUT2D eigenvalue weighted by Gasteiger charge is -2.38. The molecule has 1 aliphatic heterocycles. The van der Waals surface area contributed by atoms with E-state index in [0.717, 1.165) is 16.0 Å². The van der Waals surface area contributed by atoms with Crippen LogP contribution >= 0.6 is 11.3 Å². The Kier molecular flexibility index (Phi) is 3.70. The molecule has 0 bridgehead atoms. The number of anilines is 2. The standard InChI is InChI=1S/C12H17N5O2S/c1-7-6-19-8(5-18)4-17(7)10-9-2-3-20-11(9)15-12(14-10)16-13/h2-3,7-8,18H,4-6,13H2,1H3,(H,14,15,16). The van der Waals surface area contributed by atoms with E-state index in [1.54, 1.807) is 11.3 Å². The molecule has 8 heteroatoms. The van der Waals surface area contributed by atoms with Gasteiger partial charge in [0, 0.05) is 6.54 Å². The largest absolute Gasteiger partial charge is 0.394 e. The van der Waals surface area contributed by atoms with Crippen LogP contribution in [-0.4, -0.2) is 47.0 Å². The predicted octanol–water partition coefficient (Wildman–Crippen LogP) is 0.563. The molecule has 1 saturated heterocycles. The first kappa shape index (κ1) is 13.5. The summed E-state index contributed by atoms with van der Waals surface area (Å²) in [6.07, 6.45) is -0.191. The lowest BCUT2D eigenvalue weighted by atomic mass is 10.2. The molecule has 108 valence electrons. The van der Waals surface area contributed by atoms with Gasteiger partial charge in [-0.25, -0.2) is 10.8 Å². The number of rotatable bonds is 3. The lowest BCUT2D eigenvalue weighted by molar-refractivity contribution is -0.0104. The van der Waals surface area contributed by atoms with E-state index < -0.39 is 0 Å². The van der Waals surface area contributed by atoms with Crippen LogP contribution < -0.4 is 16.2 Å². The molecule has 2 unspecified atom stereocenters. The summed E-state index contributed by atoms with van der Waals surface area (Å²) in [5.74, 6) is 6.67. The summed E-state index contributed by atoms with van der Waals surface area (Å²) in [5.41, 5.74) is 2.51. The van der Waals surface area contributed by atoms with Crippen LogP contribution in [0.5, 0.6) is 0 Å². The van der Waals surface area contributed by atoms with Gasteiger partial charge in [-0.1, -0.05) is 0 Å². The van der Waals surface area contributed by atoms with E-state index in [1.807, 2.05) is 11.4 Å². The van der Waals surface area contributed by atoms with Gasteiger partial charge in [0.05, 0.1) is 30.7 Å². The minimum Gasteiger partial charge on any atom is -0.394 e. The van der Waals surface area contributed by atoms with Crippen molar-refractivity contribution in [3.05, 3.63) is 11.4 Å². The maximum Gasteiger partial charge on any atom is 0.240 e. The number of fused-ring (bicyclic) bond motifs is 1. The van der Waals surface area contributed by atoms with Crippen LogP contribution in [0.4, 0.5) is 11.8 Å². The third kappa shape index (κ3) is 2.31. The van der Waals surface area contributed by atoms with E-state index >= 15 is 0 Å². The molecule has 3 rings (SSSR count). The molecule has 7 nitrogen and oxygen atoms in total. The van der Waals surface area contributed by atoms with Gasteiger partial charge < -0.3 is 14.7 Å². The number of nitrogens with two attached hydrogens (primary N) is 1. The first-order chi connectivity index (χ1) is 9.72. The van der Waals surface area contributed by atoms with E-state index in [1.165, 1.54) is 0 Å². The molecule has 0 saturated carbocycles. The quantitative estimate of drug-likeness (QED) is 0.562. The van der Waals surface area contributed by atoms with E-state index in [0.29, 0.717) is 19.1 Å². The molecular weight excluding hydrogens is 278 g/mol. The number of hydrogen-bond acceptors (Lipinski definition) is 8. The van der Waals surface area contributed by atoms with Crippen LogP contribution in [0.2, 0.25) is 0 Å². The number of morpholine rings is 1. The molecule has 0 amide bonds. The molecule has 0 spiro atoms. The van der Waals surface area contributed by atoms with Crippen molar-refractivity contribution in [3.63, 3.8) is 0 Å². The normalized spacial score (nSPS) is 23.2. The zero-order valence-electron chi connectivity index (χ0n) is 11.1. The highest BCUT2D eigenvalue weighted by molar-refractivity contribution is 7.16. The minimum absolute atomic E-state index is 0.00305. The molecule has 1 fully saturated rings. The Bertz CT molecular complexity index is 605. The Morgan fingerprint density at radius 2 is 2.45 bits per heavy atom. The third-order valence-corrected chi connectivity index (χ3v) is 4.22. The topological polar surface area (TPSA) is 96.5 Å². The number of thiophene rings is 1. The first-order valence-corrected chi connectivity index (χ1v) is 7.32. The highest BCUT2D eigenvalue weighted by atomic mass is 32.1. The zero-order chi connectivity index (χ0) is 14.1. The van der Waals surface area contributed by atoms with Crippen molar-refractivity contribution in [3.8, 4) is 0 Å². The Hall–Kier alpha value is -1.48. The van der Waals surface area contributed by atoms with E-state index in [-0.39, 0.29) is 18.8 Å². The summed E-state index contributed by atoms with van der Waals surface area (Å²) in [7, 11) is 0. The van der Waals surface area contributed by atoms with Gasteiger partial charge in [0.2, 0.25) is 5.95 Å². The van der Waals surface area contributed by atoms with Crippen LogP contribution in [0.25, 0.3) is 10.2 Å². The zero-order valence-corrected chi connectivity index (χ0v) is 11.9. The van der Waals surface area contributed by atoms with Crippen LogP contribution in [0, 0.1) is 0 Å². The van der Waals surface area contributed by atoms with Crippen molar-refractivity contribution >= 4 is 33.3 Å². The Balaban J connectivity index is 2.04. The van der Waals surface area contributed by atoms with Crippen molar-refractivity contribution in [2.45, 2.75) is 19.1 Å². The smallest absolute Gasteiger partial charge is 0.240 e. The van der Waals surface area contributed by atoms with Crippen molar-refractivity contribution in [1.82, 2.24) is 9.97 Å². The number of ether oxygens (including phenoxy) is 1. The number of hydrogen-bond donors (Lipinski definition) is 3. The first-order valence-electron chi connectivity index (χ1n) is 6.44. The minimum atomic E-state index is -0.191. The molecule has 4 N–H and O–H groups in total. The van der Waals surface area contributed by atoms with Crippen molar-refractivity contribution in [1.29, 1.82) is 0 Å². The average Bonchev–Trinajstić information content (AvgIpc) is 2.95. The number of hydrazine groups is 1. The monoisotopic (exact) mass is 295 g/mol. The Labute approximate surface area is 120 Å². The molecule has 20 heavy (non-hydrogen) atoms. The van der Waals surface area contributed by atoms with Gasteiger partial charge in [0.1, 0.15) is 10.6 Å². The molecular formula is C12H17N5O2S. The fourth-order valence-corrected chi connectivity index (χ4v) is 3.10. The number of aliphatic hydroxyl groups is 1. The molecule has 3 heterocycles.